The number of aromatic amines is 1. The summed E-state index contributed by atoms with van der Waals surface area (Å²) in [6, 6.07) is 3.84. The van der Waals surface area contributed by atoms with Gasteiger partial charge < -0.3 is 20.4 Å². The van der Waals surface area contributed by atoms with E-state index in [1.54, 1.807) is 18.6 Å². The third kappa shape index (κ3) is 4.67. The topological polar surface area (TPSA) is 112 Å². The molecule has 0 radical (unpaired) electrons. The normalized spacial score (nSPS) is 16.8. The van der Waals surface area contributed by atoms with E-state index in [-0.39, 0.29) is 11.8 Å². The summed E-state index contributed by atoms with van der Waals surface area (Å²) in [7, 11) is 0. The van der Waals surface area contributed by atoms with Crippen molar-refractivity contribution in [2.75, 3.05) is 44.7 Å². The third-order valence-electron chi connectivity index (χ3n) is 6.81. The third-order valence-corrected chi connectivity index (χ3v) is 6.81. The van der Waals surface area contributed by atoms with Crippen LogP contribution in [0, 0.1) is 20.8 Å². The van der Waals surface area contributed by atoms with Gasteiger partial charge in [-0.1, -0.05) is 0 Å². The highest BCUT2D eigenvalue weighted by molar-refractivity contribution is 6.35. The molecule has 0 bridgehead atoms. The van der Waals surface area contributed by atoms with Gasteiger partial charge >= 0.3 is 0 Å². The minimum Gasteiger partial charge on any atom is -0.379 e. The van der Waals surface area contributed by atoms with Crippen LogP contribution in [0.5, 0.6) is 0 Å². The molecule has 0 aliphatic carbocycles. The molecular weight excluding hydrogens is 456 g/mol. The number of carbonyl (C=O) groups is 2. The second-order valence-corrected chi connectivity index (χ2v) is 9.19. The molecule has 9 heteroatoms. The van der Waals surface area contributed by atoms with E-state index in [9.17, 15) is 9.59 Å². The smallest absolute Gasteiger partial charge is 0.256 e. The van der Waals surface area contributed by atoms with Crippen LogP contribution < -0.4 is 10.6 Å². The molecule has 2 aliphatic rings. The van der Waals surface area contributed by atoms with Crippen molar-refractivity contribution in [1.29, 1.82) is 0 Å². The standard InChI is InChI=1S/C27H30N6O3/c1-16-4-5-28-14-21(16)23-12-19-20(26(34)32-24(19)15-30-23)13-22-17(2)25(18(3)31-22)27(35)29-6-7-33-8-10-36-11-9-33/h4-5,12-15,31H,6-11H2,1-3H3,(H,29,35)(H,32,34)/b20-13-. The first-order chi connectivity index (χ1) is 17.4. The van der Waals surface area contributed by atoms with Crippen LogP contribution in [0.2, 0.25) is 0 Å². The predicted molar refractivity (Wildman–Crippen MR) is 139 cm³/mol. The van der Waals surface area contributed by atoms with Crippen molar-refractivity contribution < 1.29 is 14.3 Å². The first kappa shape index (κ1) is 23.9. The van der Waals surface area contributed by atoms with Gasteiger partial charge in [-0.3, -0.25) is 24.5 Å². The lowest BCUT2D eigenvalue weighted by atomic mass is 10.0. The number of nitrogens with one attached hydrogen (secondary N) is 3. The van der Waals surface area contributed by atoms with Crippen molar-refractivity contribution >= 4 is 29.2 Å². The lowest BCUT2D eigenvalue weighted by Gasteiger charge is -2.26. The number of morpholine rings is 1. The Morgan fingerprint density at radius 3 is 2.78 bits per heavy atom. The van der Waals surface area contributed by atoms with Crippen molar-refractivity contribution in [3.8, 4) is 11.3 Å². The van der Waals surface area contributed by atoms with Crippen LogP contribution >= 0.6 is 0 Å². The Labute approximate surface area is 210 Å². The number of aryl methyl sites for hydroxylation is 2. The molecule has 0 saturated carbocycles. The Balaban J connectivity index is 1.39. The Kier molecular flexibility index (Phi) is 6.67. The molecule has 2 aliphatic heterocycles. The van der Waals surface area contributed by atoms with Gasteiger partial charge in [0.1, 0.15) is 0 Å². The minimum absolute atomic E-state index is 0.117. The number of amides is 2. The van der Waals surface area contributed by atoms with E-state index in [0.29, 0.717) is 23.4 Å². The zero-order valence-corrected chi connectivity index (χ0v) is 20.8. The first-order valence-electron chi connectivity index (χ1n) is 12.1. The molecule has 36 heavy (non-hydrogen) atoms. The Hall–Kier alpha value is -3.82. The summed E-state index contributed by atoms with van der Waals surface area (Å²) in [5.74, 6) is -0.316. The van der Waals surface area contributed by atoms with Crippen molar-refractivity contribution in [2.24, 2.45) is 0 Å². The maximum atomic E-state index is 13.0. The number of H-pyrrole nitrogens is 1. The molecule has 3 aromatic heterocycles. The second-order valence-electron chi connectivity index (χ2n) is 9.19. The van der Waals surface area contributed by atoms with Crippen LogP contribution in [0.4, 0.5) is 5.69 Å². The number of ether oxygens (including phenoxy) is 1. The van der Waals surface area contributed by atoms with Gasteiger partial charge in [0.15, 0.2) is 0 Å². The van der Waals surface area contributed by atoms with Crippen molar-refractivity contribution in [1.82, 2.24) is 25.2 Å². The molecular formula is C27H30N6O3. The quantitative estimate of drug-likeness (QED) is 0.462. The molecule has 3 N–H and O–H groups in total. The first-order valence-corrected chi connectivity index (χ1v) is 12.1. The van der Waals surface area contributed by atoms with Crippen molar-refractivity contribution in [3.05, 3.63) is 64.4 Å². The van der Waals surface area contributed by atoms with Crippen LogP contribution in [0.3, 0.4) is 0 Å². The van der Waals surface area contributed by atoms with Crippen molar-refractivity contribution in [3.63, 3.8) is 0 Å². The summed E-state index contributed by atoms with van der Waals surface area (Å²) in [6.07, 6.45) is 7.01. The average molecular weight is 487 g/mol. The zero-order valence-electron chi connectivity index (χ0n) is 20.8. The molecule has 1 fully saturated rings. The number of pyridine rings is 2. The number of fused-ring (bicyclic) bond motifs is 1. The molecule has 9 nitrogen and oxygen atoms in total. The summed E-state index contributed by atoms with van der Waals surface area (Å²) in [4.78, 5) is 40.2. The van der Waals surface area contributed by atoms with Gasteiger partial charge in [0.05, 0.1) is 41.9 Å². The molecule has 0 aromatic carbocycles. The number of carbonyl (C=O) groups excluding carboxylic acids is 2. The monoisotopic (exact) mass is 486 g/mol. The summed E-state index contributed by atoms with van der Waals surface area (Å²) in [5.41, 5.74) is 7.62. The van der Waals surface area contributed by atoms with E-state index < -0.39 is 0 Å². The van der Waals surface area contributed by atoms with E-state index in [0.717, 1.165) is 72.2 Å². The maximum absolute atomic E-state index is 13.0. The van der Waals surface area contributed by atoms with Crippen LogP contribution in [0.1, 0.15) is 38.4 Å². The summed E-state index contributed by atoms with van der Waals surface area (Å²) in [6.45, 7) is 10.4. The van der Waals surface area contributed by atoms with Gasteiger partial charge in [-0.15, -0.1) is 0 Å². The fraction of sp³-hybridized carbons (Fsp3) is 0.333. The lowest BCUT2D eigenvalue weighted by molar-refractivity contribution is -0.110. The van der Waals surface area contributed by atoms with E-state index in [4.69, 9.17) is 4.74 Å². The summed E-state index contributed by atoms with van der Waals surface area (Å²) < 4.78 is 5.38. The molecule has 5 heterocycles. The average Bonchev–Trinajstić information content (AvgIpc) is 3.34. The number of hydrogen-bond acceptors (Lipinski definition) is 6. The number of aromatic nitrogens is 3. The SMILES string of the molecule is Cc1ccncc1-c1cc2c(cn1)NC(=O)/C2=C\c1[nH]c(C)c(C(=O)NCCN2CCOCC2)c1C. The zero-order chi connectivity index (χ0) is 25.2. The van der Waals surface area contributed by atoms with Gasteiger partial charge in [-0.2, -0.15) is 0 Å². The Morgan fingerprint density at radius 1 is 1.19 bits per heavy atom. The molecule has 2 amide bonds. The molecule has 0 atom stereocenters. The fourth-order valence-electron chi connectivity index (χ4n) is 4.76. The number of nitrogens with zero attached hydrogens (tertiary/aromatic N) is 3. The molecule has 5 rings (SSSR count). The molecule has 0 spiro atoms. The molecule has 186 valence electrons. The Morgan fingerprint density at radius 2 is 2.00 bits per heavy atom. The number of anilines is 1. The highest BCUT2D eigenvalue weighted by Crippen LogP contribution is 2.36. The minimum atomic E-state index is -0.199. The van der Waals surface area contributed by atoms with Crippen LogP contribution in [0.15, 0.2) is 30.7 Å². The number of hydrogen-bond donors (Lipinski definition) is 3. The summed E-state index contributed by atoms with van der Waals surface area (Å²) >= 11 is 0. The molecule has 0 unspecified atom stereocenters. The fourth-order valence-corrected chi connectivity index (χ4v) is 4.76. The van der Waals surface area contributed by atoms with Gasteiger partial charge in [0, 0.05) is 61.1 Å². The summed E-state index contributed by atoms with van der Waals surface area (Å²) in [5, 5.41) is 5.93. The van der Waals surface area contributed by atoms with Gasteiger partial charge in [0.25, 0.3) is 11.8 Å². The molecule has 3 aromatic rings. The highest BCUT2D eigenvalue weighted by Gasteiger charge is 2.27. The lowest BCUT2D eigenvalue weighted by Crippen LogP contribution is -2.41. The Bertz CT molecular complexity index is 1350. The highest BCUT2D eigenvalue weighted by atomic mass is 16.5. The molecule has 1 saturated heterocycles. The predicted octanol–water partition coefficient (Wildman–Crippen LogP) is 2.95. The van der Waals surface area contributed by atoms with Crippen molar-refractivity contribution in [2.45, 2.75) is 20.8 Å². The van der Waals surface area contributed by atoms with E-state index in [2.05, 4.69) is 30.5 Å². The van der Waals surface area contributed by atoms with Gasteiger partial charge in [-0.25, -0.2) is 0 Å². The van der Waals surface area contributed by atoms with Gasteiger partial charge in [0.2, 0.25) is 0 Å². The van der Waals surface area contributed by atoms with Crippen LogP contribution in [-0.4, -0.2) is 71.1 Å². The largest absolute Gasteiger partial charge is 0.379 e. The van der Waals surface area contributed by atoms with E-state index in [1.165, 1.54) is 0 Å². The maximum Gasteiger partial charge on any atom is 0.256 e. The number of rotatable bonds is 6. The van der Waals surface area contributed by atoms with Crippen LogP contribution in [0.25, 0.3) is 22.9 Å². The van der Waals surface area contributed by atoms with E-state index in [1.807, 2.05) is 39.0 Å². The van der Waals surface area contributed by atoms with Crippen LogP contribution in [-0.2, 0) is 9.53 Å². The van der Waals surface area contributed by atoms with E-state index >= 15 is 0 Å². The second kappa shape index (κ2) is 10.0. The van der Waals surface area contributed by atoms with Gasteiger partial charge in [-0.05, 0) is 50.1 Å².